The van der Waals surface area contributed by atoms with Crippen LogP contribution in [-0.4, -0.2) is 0 Å². The lowest BCUT2D eigenvalue weighted by Gasteiger charge is -2.10. The highest BCUT2D eigenvalue weighted by Gasteiger charge is 2.08. The van der Waals surface area contributed by atoms with Gasteiger partial charge >= 0.3 is 0 Å². The third kappa shape index (κ3) is 3.55. The number of halogens is 3. The van der Waals surface area contributed by atoms with E-state index in [1.165, 1.54) is 17.7 Å². The quantitative estimate of drug-likeness (QED) is 0.687. The molecule has 3 heteroatoms. The molecule has 88 valence electrons. The summed E-state index contributed by atoms with van der Waals surface area (Å²) in [7, 11) is 0. The first-order chi connectivity index (χ1) is 8.15. The molecule has 1 unspecified atom stereocenters. The first-order valence-electron chi connectivity index (χ1n) is 5.29. The van der Waals surface area contributed by atoms with Crippen molar-refractivity contribution in [2.24, 2.45) is 0 Å². The molecular weight excluding hydrogens is 303 g/mol. The van der Waals surface area contributed by atoms with Gasteiger partial charge in [-0.3, -0.25) is 0 Å². The smallest absolute Gasteiger partial charge is 0.123 e. The minimum Gasteiger partial charge on any atom is -0.207 e. The molecule has 0 fully saturated rings. The molecule has 0 saturated carbocycles. The Hall–Kier alpha value is -0.860. The van der Waals surface area contributed by atoms with E-state index in [1.807, 2.05) is 24.3 Å². The first kappa shape index (κ1) is 12.6. The van der Waals surface area contributed by atoms with Gasteiger partial charge in [-0.15, -0.1) is 0 Å². The molecule has 0 aliphatic heterocycles. The number of alkyl halides is 1. The van der Waals surface area contributed by atoms with Gasteiger partial charge in [0.05, 0.1) is 0 Å². The molecule has 1 atom stereocenters. The van der Waals surface area contributed by atoms with Crippen LogP contribution in [-0.2, 0) is 6.42 Å². The van der Waals surface area contributed by atoms with E-state index in [-0.39, 0.29) is 10.6 Å². The maximum absolute atomic E-state index is 12.8. The molecule has 0 aromatic heterocycles. The average molecular weight is 314 g/mol. The zero-order chi connectivity index (χ0) is 12.3. The Morgan fingerprint density at radius 1 is 1.00 bits per heavy atom. The second-order valence-corrected chi connectivity index (χ2v) is 5.39. The summed E-state index contributed by atoms with van der Waals surface area (Å²) >= 11 is 9.47. The maximum atomic E-state index is 12.8. The Morgan fingerprint density at radius 3 is 2.18 bits per heavy atom. The average Bonchev–Trinajstić information content (AvgIpc) is 2.33. The topological polar surface area (TPSA) is 0 Å². The van der Waals surface area contributed by atoms with Crippen molar-refractivity contribution in [2.75, 3.05) is 0 Å². The minimum atomic E-state index is -0.202. The van der Waals surface area contributed by atoms with E-state index >= 15 is 0 Å². The zero-order valence-electron chi connectivity index (χ0n) is 9.04. The molecule has 0 saturated heterocycles. The van der Waals surface area contributed by atoms with E-state index in [0.717, 1.165) is 17.0 Å². The first-order valence-corrected chi connectivity index (χ1v) is 6.58. The molecule has 0 nitrogen and oxygen atoms in total. The van der Waals surface area contributed by atoms with Gasteiger partial charge in [0, 0.05) is 9.85 Å². The van der Waals surface area contributed by atoms with E-state index in [0.29, 0.717) is 0 Å². The van der Waals surface area contributed by atoms with Crippen LogP contribution in [0.3, 0.4) is 0 Å². The summed E-state index contributed by atoms with van der Waals surface area (Å²) < 4.78 is 12.8. The number of benzene rings is 2. The van der Waals surface area contributed by atoms with Crippen LogP contribution in [0.15, 0.2) is 48.5 Å². The Morgan fingerprint density at radius 2 is 1.59 bits per heavy atom. The van der Waals surface area contributed by atoms with Gasteiger partial charge < -0.3 is 0 Å². The van der Waals surface area contributed by atoms with Gasteiger partial charge in [0.15, 0.2) is 0 Å². The summed E-state index contributed by atoms with van der Waals surface area (Å²) in [5, 5.41) is 0.732. The number of hydrogen-bond donors (Lipinski definition) is 0. The fourth-order valence-electron chi connectivity index (χ4n) is 1.62. The summed E-state index contributed by atoms with van der Waals surface area (Å²) in [6.45, 7) is 0. The Kier molecular flexibility index (Phi) is 4.19. The largest absolute Gasteiger partial charge is 0.207 e. The van der Waals surface area contributed by atoms with Crippen LogP contribution >= 0.6 is 27.5 Å². The van der Waals surface area contributed by atoms with Crippen LogP contribution in [0.5, 0.6) is 0 Å². The number of hydrogen-bond acceptors (Lipinski definition) is 0. The van der Waals surface area contributed by atoms with Crippen LogP contribution in [0.1, 0.15) is 16.0 Å². The van der Waals surface area contributed by atoms with E-state index < -0.39 is 0 Å². The van der Waals surface area contributed by atoms with Crippen molar-refractivity contribution in [1.82, 2.24) is 0 Å². The van der Waals surface area contributed by atoms with Gasteiger partial charge in [0.2, 0.25) is 0 Å². The predicted molar refractivity (Wildman–Crippen MR) is 73.2 cm³/mol. The molecule has 0 aliphatic rings. The Bertz CT molecular complexity index is 479. The lowest BCUT2D eigenvalue weighted by Crippen LogP contribution is -1.95. The van der Waals surface area contributed by atoms with E-state index in [1.54, 1.807) is 12.1 Å². The fourth-order valence-corrected chi connectivity index (χ4v) is 2.42. The van der Waals surface area contributed by atoms with Crippen molar-refractivity contribution in [3.05, 3.63) is 70.5 Å². The van der Waals surface area contributed by atoms with E-state index in [9.17, 15) is 4.39 Å². The summed E-state index contributed by atoms with van der Waals surface area (Å²) in [5.74, 6) is -0.202. The molecule has 0 aliphatic carbocycles. The highest BCUT2D eigenvalue weighted by atomic mass is 79.9. The summed E-state index contributed by atoms with van der Waals surface area (Å²) in [4.78, 5) is 0.213. The van der Waals surface area contributed by atoms with Crippen LogP contribution in [0.4, 0.5) is 4.39 Å². The van der Waals surface area contributed by atoms with E-state index in [2.05, 4.69) is 15.9 Å². The zero-order valence-corrected chi connectivity index (χ0v) is 11.4. The summed E-state index contributed by atoms with van der Waals surface area (Å²) in [6, 6.07) is 14.3. The molecular formula is C14H11BrClF. The maximum Gasteiger partial charge on any atom is 0.123 e. The normalized spacial score (nSPS) is 12.4. The van der Waals surface area contributed by atoms with Crippen molar-refractivity contribution in [3.8, 4) is 0 Å². The van der Waals surface area contributed by atoms with Crippen LogP contribution in [0.25, 0.3) is 0 Å². The molecule has 0 N–H and O–H groups in total. The Labute approximate surface area is 114 Å². The second-order valence-electron chi connectivity index (χ2n) is 3.85. The predicted octanol–water partition coefficient (Wildman–Crippen LogP) is 5.16. The molecule has 0 radical (unpaired) electrons. The fraction of sp³-hybridized carbons (Fsp3) is 0.143. The van der Waals surface area contributed by atoms with Crippen molar-refractivity contribution in [3.63, 3.8) is 0 Å². The van der Waals surface area contributed by atoms with Crippen molar-refractivity contribution >= 4 is 27.5 Å². The van der Waals surface area contributed by atoms with Crippen LogP contribution in [0, 0.1) is 5.82 Å². The molecule has 2 aromatic rings. The molecule has 0 bridgehead atoms. The van der Waals surface area contributed by atoms with Gasteiger partial charge in [-0.25, -0.2) is 4.39 Å². The standard InChI is InChI=1S/C14H11BrClF/c15-14(11-3-5-12(16)6-4-11)9-10-1-7-13(17)8-2-10/h1-8,14H,9H2. The number of rotatable bonds is 3. The highest BCUT2D eigenvalue weighted by molar-refractivity contribution is 9.09. The van der Waals surface area contributed by atoms with Gasteiger partial charge in [0.25, 0.3) is 0 Å². The SMILES string of the molecule is Fc1ccc(CC(Br)c2ccc(Cl)cc2)cc1. The van der Waals surface area contributed by atoms with Gasteiger partial charge in [-0.05, 0) is 41.8 Å². The molecule has 0 amide bonds. The van der Waals surface area contributed by atoms with Crippen LogP contribution in [0.2, 0.25) is 5.02 Å². The third-order valence-electron chi connectivity index (χ3n) is 2.56. The third-order valence-corrected chi connectivity index (χ3v) is 3.66. The molecule has 0 heterocycles. The van der Waals surface area contributed by atoms with E-state index in [4.69, 9.17) is 11.6 Å². The highest BCUT2D eigenvalue weighted by Crippen LogP contribution is 2.27. The lowest BCUT2D eigenvalue weighted by atomic mass is 10.0. The second kappa shape index (κ2) is 5.65. The summed E-state index contributed by atoms with van der Waals surface area (Å²) in [5.41, 5.74) is 2.27. The van der Waals surface area contributed by atoms with Crippen molar-refractivity contribution in [1.29, 1.82) is 0 Å². The lowest BCUT2D eigenvalue weighted by molar-refractivity contribution is 0.627. The van der Waals surface area contributed by atoms with Gasteiger partial charge in [-0.1, -0.05) is 51.8 Å². The molecule has 2 aromatic carbocycles. The molecule has 17 heavy (non-hydrogen) atoms. The van der Waals surface area contributed by atoms with Crippen molar-refractivity contribution in [2.45, 2.75) is 11.2 Å². The van der Waals surface area contributed by atoms with Gasteiger partial charge in [0.1, 0.15) is 5.82 Å². The molecule has 2 rings (SSSR count). The molecule has 0 spiro atoms. The van der Waals surface area contributed by atoms with Crippen LogP contribution < -0.4 is 0 Å². The van der Waals surface area contributed by atoms with Crippen molar-refractivity contribution < 1.29 is 4.39 Å². The minimum absolute atomic E-state index is 0.202. The summed E-state index contributed by atoms with van der Waals surface area (Å²) in [6.07, 6.45) is 0.821. The van der Waals surface area contributed by atoms with Gasteiger partial charge in [-0.2, -0.15) is 0 Å². The monoisotopic (exact) mass is 312 g/mol. The Balaban J connectivity index is 2.08.